The average molecular weight is 620 g/mol. The number of benzene rings is 3. The number of rotatable bonds is 4. The highest BCUT2D eigenvalue weighted by atomic mass is 16.5. The van der Waals surface area contributed by atoms with Crippen LogP contribution in [0.2, 0.25) is 0 Å². The number of para-hydroxylation sites is 1. The van der Waals surface area contributed by atoms with Gasteiger partial charge in [-0.3, -0.25) is 14.4 Å². The number of aryl methyl sites for hydroxylation is 1. The molecule has 234 valence electrons. The van der Waals surface area contributed by atoms with Crippen LogP contribution in [0.4, 0.5) is 0 Å². The standard InChI is InChI=1S/C36H33N3O7/c1-6-34(3,4)31-19(18-9-7-8-10-21(18)37-31)15-22-32(43)39-35(33(44)38-22)11-12-36(45)20-13-17(2)14-23(40)26(20)30(42)27-24(41)16-25(46-5)28(35)29(27)36/h6-10,13-16,37,40-41,45H,1,11-12H2,2-5H3,(H,38,44)(H,39,43). The first kappa shape index (κ1) is 29.4. The van der Waals surface area contributed by atoms with Gasteiger partial charge in [0, 0.05) is 50.3 Å². The number of phenolic OH excluding ortho intramolecular Hbond substituents is 2. The number of amides is 2. The number of carbonyl (C=O) groups excluding carboxylic acids is 3. The monoisotopic (exact) mass is 619 g/mol. The predicted octanol–water partition coefficient (Wildman–Crippen LogP) is 4.42. The molecule has 10 heteroatoms. The summed E-state index contributed by atoms with van der Waals surface area (Å²) >= 11 is 0. The normalized spacial score (nSPS) is 22.8. The number of methoxy groups -OCH3 is 1. The van der Waals surface area contributed by atoms with Crippen molar-refractivity contribution in [3.05, 3.63) is 105 Å². The highest BCUT2D eigenvalue weighted by molar-refractivity contribution is 6.18. The molecule has 0 radical (unpaired) electrons. The Morgan fingerprint density at radius 3 is 2.43 bits per heavy atom. The third-order valence-corrected chi connectivity index (χ3v) is 9.75. The fraction of sp³-hybridized carbons (Fsp3) is 0.250. The van der Waals surface area contributed by atoms with E-state index in [9.17, 15) is 29.7 Å². The number of carbonyl (C=O) groups is 3. The molecule has 1 aromatic heterocycles. The summed E-state index contributed by atoms with van der Waals surface area (Å²) in [5, 5.41) is 40.8. The molecule has 3 aromatic carbocycles. The number of ketones is 1. The van der Waals surface area contributed by atoms with E-state index >= 15 is 0 Å². The van der Waals surface area contributed by atoms with E-state index in [4.69, 9.17) is 4.74 Å². The lowest BCUT2D eigenvalue weighted by molar-refractivity contribution is -0.138. The number of aliphatic hydroxyl groups is 1. The zero-order valence-corrected chi connectivity index (χ0v) is 25.8. The van der Waals surface area contributed by atoms with Crippen LogP contribution in [0, 0.1) is 6.92 Å². The van der Waals surface area contributed by atoms with Gasteiger partial charge in [0.1, 0.15) is 34.1 Å². The molecule has 7 rings (SSSR count). The van der Waals surface area contributed by atoms with Crippen molar-refractivity contribution in [2.24, 2.45) is 0 Å². The minimum absolute atomic E-state index is 0.0101. The Kier molecular flexibility index (Phi) is 6.11. The van der Waals surface area contributed by atoms with Crippen LogP contribution in [-0.2, 0) is 26.1 Å². The molecule has 1 spiro atoms. The third-order valence-electron chi connectivity index (χ3n) is 9.75. The average Bonchev–Trinajstić information content (AvgIpc) is 3.39. The maximum absolute atomic E-state index is 14.3. The molecule has 1 aliphatic heterocycles. The SMILES string of the molecule is C=CC(C)(C)c1[nH]c2ccccc2c1C=C1NC(=O)C2(CCC3(O)c4cc(C)cc(O)c4C(=O)c4c(O)cc(OC)c2c43)NC1=O. The first-order valence-corrected chi connectivity index (χ1v) is 14.9. The topological polar surface area (TPSA) is 161 Å². The molecule has 3 aliphatic rings. The van der Waals surface area contributed by atoms with Gasteiger partial charge >= 0.3 is 0 Å². The van der Waals surface area contributed by atoms with Gasteiger partial charge < -0.3 is 35.7 Å². The molecule has 10 nitrogen and oxygen atoms in total. The fourth-order valence-electron chi connectivity index (χ4n) is 7.34. The second-order valence-electron chi connectivity index (χ2n) is 12.9. The summed E-state index contributed by atoms with van der Waals surface area (Å²) in [5.74, 6) is -2.70. The van der Waals surface area contributed by atoms with Gasteiger partial charge in [0.25, 0.3) is 11.8 Å². The molecular weight excluding hydrogens is 586 g/mol. The highest BCUT2D eigenvalue weighted by Gasteiger charge is 2.59. The molecule has 1 saturated heterocycles. The lowest BCUT2D eigenvalue weighted by Crippen LogP contribution is -2.65. The molecule has 1 fully saturated rings. The maximum atomic E-state index is 14.3. The molecule has 0 bridgehead atoms. The molecule has 6 N–H and O–H groups in total. The number of aromatic hydroxyl groups is 2. The van der Waals surface area contributed by atoms with E-state index in [2.05, 4.69) is 22.2 Å². The molecule has 2 heterocycles. The van der Waals surface area contributed by atoms with E-state index in [0.717, 1.165) is 22.2 Å². The Morgan fingerprint density at radius 1 is 1.00 bits per heavy atom. The van der Waals surface area contributed by atoms with Crippen LogP contribution in [-0.4, -0.2) is 45.0 Å². The van der Waals surface area contributed by atoms with Crippen molar-refractivity contribution in [3.63, 3.8) is 0 Å². The lowest BCUT2D eigenvalue weighted by Gasteiger charge is -2.49. The second kappa shape index (κ2) is 9.58. The van der Waals surface area contributed by atoms with Crippen molar-refractivity contribution >= 4 is 34.6 Å². The molecule has 2 atom stereocenters. The van der Waals surface area contributed by atoms with Crippen LogP contribution >= 0.6 is 0 Å². The van der Waals surface area contributed by atoms with Gasteiger partial charge in [-0.25, -0.2) is 0 Å². The number of H-pyrrole nitrogens is 1. The minimum Gasteiger partial charge on any atom is -0.507 e. The van der Waals surface area contributed by atoms with E-state index in [1.807, 2.05) is 38.1 Å². The number of aromatic nitrogens is 1. The Bertz CT molecular complexity index is 2110. The summed E-state index contributed by atoms with van der Waals surface area (Å²) in [6, 6.07) is 11.9. The highest BCUT2D eigenvalue weighted by Crippen LogP contribution is 2.58. The van der Waals surface area contributed by atoms with Crippen molar-refractivity contribution in [1.82, 2.24) is 15.6 Å². The van der Waals surface area contributed by atoms with Gasteiger partial charge in [-0.05, 0) is 43.5 Å². The van der Waals surface area contributed by atoms with Crippen LogP contribution < -0.4 is 15.4 Å². The first-order chi connectivity index (χ1) is 21.8. The van der Waals surface area contributed by atoms with Gasteiger partial charge in [0.05, 0.1) is 18.2 Å². The molecule has 4 aromatic rings. The van der Waals surface area contributed by atoms with Crippen LogP contribution in [0.15, 0.2) is 60.8 Å². The number of piperazine rings is 1. The minimum atomic E-state index is -1.88. The predicted molar refractivity (Wildman–Crippen MR) is 171 cm³/mol. The summed E-state index contributed by atoms with van der Waals surface area (Å²) in [6.07, 6.45) is 3.24. The Balaban J connectivity index is 1.41. The van der Waals surface area contributed by atoms with Crippen molar-refractivity contribution < 1.29 is 34.4 Å². The zero-order chi connectivity index (χ0) is 32.9. The van der Waals surface area contributed by atoms with E-state index in [1.54, 1.807) is 25.1 Å². The smallest absolute Gasteiger partial charge is 0.268 e. The Labute approximate surface area is 264 Å². The summed E-state index contributed by atoms with van der Waals surface area (Å²) in [5.41, 5.74) is -1.32. The zero-order valence-electron chi connectivity index (χ0n) is 25.8. The van der Waals surface area contributed by atoms with Crippen molar-refractivity contribution in [2.75, 3.05) is 7.11 Å². The van der Waals surface area contributed by atoms with Gasteiger partial charge in [-0.1, -0.05) is 44.2 Å². The van der Waals surface area contributed by atoms with Gasteiger partial charge in [-0.2, -0.15) is 0 Å². The summed E-state index contributed by atoms with van der Waals surface area (Å²) in [4.78, 5) is 45.6. The summed E-state index contributed by atoms with van der Waals surface area (Å²) in [6.45, 7) is 9.68. The lowest BCUT2D eigenvalue weighted by atomic mass is 9.60. The van der Waals surface area contributed by atoms with Crippen LogP contribution in [0.5, 0.6) is 17.2 Å². The van der Waals surface area contributed by atoms with Crippen molar-refractivity contribution in [2.45, 2.75) is 50.2 Å². The maximum Gasteiger partial charge on any atom is 0.268 e. The van der Waals surface area contributed by atoms with Crippen molar-refractivity contribution in [1.29, 1.82) is 0 Å². The first-order valence-electron chi connectivity index (χ1n) is 14.9. The molecular formula is C36H33N3O7. The number of aromatic amines is 1. The van der Waals surface area contributed by atoms with E-state index in [0.29, 0.717) is 5.56 Å². The largest absolute Gasteiger partial charge is 0.507 e. The Morgan fingerprint density at radius 2 is 1.72 bits per heavy atom. The van der Waals surface area contributed by atoms with E-state index in [1.165, 1.54) is 19.2 Å². The molecule has 2 aliphatic carbocycles. The number of hydrogen-bond donors (Lipinski definition) is 6. The van der Waals surface area contributed by atoms with Gasteiger partial charge in [-0.15, -0.1) is 6.58 Å². The quantitative estimate of drug-likeness (QED) is 0.146. The van der Waals surface area contributed by atoms with E-state index < -0.39 is 39.9 Å². The second-order valence-corrected chi connectivity index (χ2v) is 12.9. The number of fused-ring (bicyclic) bond motifs is 4. The molecule has 0 saturated carbocycles. The van der Waals surface area contributed by atoms with Gasteiger partial charge in [0.15, 0.2) is 0 Å². The van der Waals surface area contributed by atoms with Crippen LogP contribution in [0.3, 0.4) is 0 Å². The summed E-state index contributed by atoms with van der Waals surface area (Å²) < 4.78 is 5.63. The molecule has 46 heavy (non-hydrogen) atoms. The van der Waals surface area contributed by atoms with Crippen LogP contribution in [0.25, 0.3) is 17.0 Å². The fourth-order valence-corrected chi connectivity index (χ4v) is 7.34. The van der Waals surface area contributed by atoms with Crippen LogP contribution in [0.1, 0.15) is 76.1 Å². The number of nitrogens with one attached hydrogen (secondary N) is 3. The van der Waals surface area contributed by atoms with E-state index in [-0.39, 0.29) is 57.9 Å². The molecule has 2 amide bonds. The summed E-state index contributed by atoms with van der Waals surface area (Å²) in [7, 11) is 1.33. The molecule has 2 unspecified atom stereocenters. The Hall–Kier alpha value is -5.35. The number of ether oxygens (including phenoxy) is 1. The number of allylic oxidation sites excluding steroid dienone is 1. The third kappa shape index (κ3) is 3.76. The number of phenols is 2. The number of hydrogen-bond acceptors (Lipinski definition) is 7. The van der Waals surface area contributed by atoms with Gasteiger partial charge in [0.2, 0.25) is 5.78 Å². The van der Waals surface area contributed by atoms with Crippen molar-refractivity contribution in [3.8, 4) is 17.2 Å².